The number of nitrogens with zero attached hydrogens (tertiary/aromatic N) is 1. The Kier molecular flexibility index (Phi) is 3.74. The van der Waals surface area contributed by atoms with Crippen LogP contribution in [0.2, 0.25) is 0 Å². The number of anilines is 1. The highest BCUT2D eigenvalue weighted by Crippen LogP contribution is 2.30. The fourth-order valence-electron chi connectivity index (χ4n) is 3.13. The maximum Gasteiger partial charge on any atom is 0.134 e. The lowest BCUT2D eigenvalue weighted by Crippen LogP contribution is -2.37. The first-order chi connectivity index (χ1) is 9.78. The molecular weight excluding hydrogens is 250 g/mol. The normalized spacial score (nSPS) is 22.9. The quantitative estimate of drug-likeness (QED) is 0.802. The third kappa shape index (κ3) is 2.56. The molecular formula is C16H21N3O. The van der Waals surface area contributed by atoms with Gasteiger partial charge in [-0.15, -0.1) is 0 Å². The summed E-state index contributed by atoms with van der Waals surface area (Å²) in [5.74, 6) is 1.63. The lowest BCUT2D eigenvalue weighted by atomic mass is 9.84. The fourth-order valence-corrected chi connectivity index (χ4v) is 3.13. The van der Waals surface area contributed by atoms with Crippen molar-refractivity contribution in [3.05, 3.63) is 30.5 Å². The van der Waals surface area contributed by atoms with Gasteiger partial charge in [-0.1, -0.05) is 18.9 Å². The molecule has 0 spiro atoms. The Labute approximate surface area is 119 Å². The lowest BCUT2D eigenvalue weighted by Gasteiger charge is -2.32. The summed E-state index contributed by atoms with van der Waals surface area (Å²) in [6.45, 7) is 0.716. The van der Waals surface area contributed by atoms with Gasteiger partial charge in [0.05, 0.1) is 0 Å². The minimum atomic E-state index is 0.271. The minimum absolute atomic E-state index is 0.271. The molecule has 4 N–H and O–H groups in total. The van der Waals surface area contributed by atoms with Gasteiger partial charge < -0.3 is 16.2 Å². The van der Waals surface area contributed by atoms with Crippen LogP contribution in [-0.2, 0) is 0 Å². The van der Waals surface area contributed by atoms with E-state index < -0.39 is 0 Å². The number of phenols is 1. The second-order valence-corrected chi connectivity index (χ2v) is 5.60. The Bertz CT molecular complexity index is 599. The first kappa shape index (κ1) is 13.2. The third-order valence-electron chi connectivity index (χ3n) is 4.28. The molecule has 4 nitrogen and oxygen atoms in total. The van der Waals surface area contributed by atoms with Crippen LogP contribution in [0.1, 0.15) is 25.7 Å². The van der Waals surface area contributed by atoms with Crippen molar-refractivity contribution in [2.45, 2.75) is 31.7 Å². The minimum Gasteiger partial charge on any atom is -0.508 e. The Morgan fingerprint density at radius 2 is 2.10 bits per heavy atom. The smallest absolute Gasteiger partial charge is 0.134 e. The molecule has 0 saturated heterocycles. The van der Waals surface area contributed by atoms with Gasteiger partial charge in [0.15, 0.2) is 0 Å². The van der Waals surface area contributed by atoms with Crippen molar-refractivity contribution < 1.29 is 5.11 Å². The number of pyridine rings is 1. The molecule has 1 heterocycles. The third-order valence-corrected chi connectivity index (χ3v) is 4.28. The van der Waals surface area contributed by atoms with Crippen LogP contribution in [-0.4, -0.2) is 22.7 Å². The summed E-state index contributed by atoms with van der Waals surface area (Å²) < 4.78 is 0. The van der Waals surface area contributed by atoms with Crippen LogP contribution in [0.25, 0.3) is 10.8 Å². The van der Waals surface area contributed by atoms with E-state index in [0.29, 0.717) is 18.5 Å². The SMILES string of the molecule is NCC1CCCCC1Nc1nccc2ccc(O)cc12. The van der Waals surface area contributed by atoms with E-state index >= 15 is 0 Å². The predicted octanol–water partition coefficient (Wildman–Crippen LogP) is 2.87. The van der Waals surface area contributed by atoms with E-state index in [9.17, 15) is 5.11 Å². The van der Waals surface area contributed by atoms with Gasteiger partial charge in [0.2, 0.25) is 0 Å². The van der Waals surface area contributed by atoms with E-state index in [2.05, 4.69) is 10.3 Å². The van der Waals surface area contributed by atoms with E-state index in [1.807, 2.05) is 18.3 Å². The van der Waals surface area contributed by atoms with E-state index in [0.717, 1.165) is 23.0 Å². The Balaban J connectivity index is 1.91. The number of aromatic hydroxyl groups is 1. The molecule has 1 aromatic carbocycles. The summed E-state index contributed by atoms with van der Waals surface area (Å²) in [5, 5.41) is 15.3. The monoisotopic (exact) mass is 271 g/mol. The molecule has 2 unspecified atom stereocenters. The van der Waals surface area contributed by atoms with Crippen LogP contribution in [0.3, 0.4) is 0 Å². The summed E-state index contributed by atoms with van der Waals surface area (Å²) in [4.78, 5) is 4.45. The van der Waals surface area contributed by atoms with Crippen molar-refractivity contribution in [3.63, 3.8) is 0 Å². The average molecular weight is 271 g/mol. The predicted molar refractivity (Wildman–Crippen MR) is 81.8 cm³/mol. The molecule has 0 radical (unpaired) electrons. The number of rotatable bonds is 3. The van der Waals surface area contributed by atoms with Crippen LogP contribution >= 0.6 is 0 Å². The number of nitrogens with one attached hydrogen (secondary N) is 1. The Morgan fingerprint density at radius 3 is 2.95 bits per heavy atom. The molecule has 0 bridgehead atoms. The molecule has 106 valence electrons. The highest BCUT2D eigenvalue weighted by molar-refractivity contribution is 5.92. The van der Waals surface area contributed by atoms with Gasteiger partial charge in [-0.25, -0.2) is 4.98 Å². The van der Waals surface area contributed by atoms with Crippen LogP contribution in [0.5, 0.6) is 5.75 Å². The first-order valence-electron chi connectivity index (χ1n) is 7.32. The van der Waals surface area contributed by atoms with Gasteiger partial charge in [-0.3, -0.25) is 0 Å². The molecule has 2 atom stereocenters. The number of hydrogen-bond donors (Lipinski definition) is 3. The number of phenolic OH excluding ortho intramolecular Hbond substituents is 1. The molecule has 1 saturated carbocycles. The van der Waals surface area contributed by atoms with Gasteiger partial charge in [-0.2, -0.15) is 0 Å². The molecule has 1 aliphatic rings. The molecule has 3 rings (SSSR count). The van der Waals surface area contributed by atoms with Gasteiger partial charge in [0, 0.05) is 17.6 Å². The molecule has 1 aromatic heterocycles. The fraction of sp³-hybridized carbons (Fsp3) is 0.438. The molecule has 2 aromatic rings. The number of hydrogen-bond acceptors (Lipinski definition) is 4. The zero-order valence-electron chi connectivity index (χ0n) is 11.5. The Morgan fingerprint density at radius 1 is 1.25 bits per heavy atom. The second kappa shape index (κ2) is 5.67. The maximum absolute atomic E-state index is 9.68. The second-order valence-electron chi connectivity index (χ2n) is 5.60. The number of aromatic nitrogens is 1. The molecule has 1 aliphatic carbocycles. The number of fused-ring (bicyclic) bond motifs is 1. The lowest BCUT2D eigenvalue weighted by molar-refractivity contribution is 0.332. The molecule has 0 amide bonds. The van der Waals surface area contributed by atoms with Gasteiger partial charge in [0.25, 0.3) is 0 Å². The van der Waals surface area contributed by atoms with E-state index in [1.165, 1.54) is 19.3 Å². The summed E-state index contributed by atoms with van der Waals surface area (Å²) in [6, 6.07) is 7.73. The van der Waals surface area contributed by atoms with Crippen molar-refractivity contribution in [3.8, 4) is 5.75 Å². The van der Waals surface area contributed by atoms with Crippen LogP contribution < -0.4 is 11.1 Å². The van der Waals surface area contributed by atoms with Crippen molar-refractivity contribution in [1.82, 2.24) is 4.98 Å². The van der Waals surface area contributed by atoms with Crippen LogP contribution in [0.4, 0.5) is 5.82 Å². The average Bonchev–Trinajstić information content (AvgIpc) is 2.48. The molecule has 1 fully saturated rings. The maximum atomic E-state index is 9.68. The van der Waals surface area contributed by atoms with Crippen LogP contribution in [0.15, 0.2) is 30.5 Å². The highest BCUT2D eigenvalue weighted by Gasteiger charge is 2.24. The summed E-state index contributed by atoms with van der Waals surface area (Å²) in [5.41, 5.74) is 5.88. The van der Waals surface area contributed by atoms with Crippen LogP contribution in [0, 0.1) is 5.92 Å². The van der Waals surface area contributed by atoms with Crippen molar-refractivity contribution in [1.29, 1.82) is 0 Å². The van der Waals surface area contributed by atoms with Crippen molar-refractivity contribution >= 4 is 16.6 Å². The largest absolute Gasteiger partial charge is 0.508 e. The Hall–Kier alpha value is -1.81. The highest BCUT2D eigenvalue weighted by atomic mass is 16.3. The molecule has 0 aliphatic heterocycles. The topological polar surface area (TPSA) is 71.2 Å². The summed E-state index contributed by atoms with van der Waals surface area (Å²) in [7, 11) is 0. The van der Waals surface area contributed by atoms with Gasteiger partial charge >= 0.3 is 0 Å². The standard InChI is InChI=1S/C16H21N3O/c17-10-12-3-1-2-4-15(12)19-16-14-9-13(20)6-5-11(14)7-8-18-16/h5-9,12,15,20H,1-4,10,17H2,(H,18,19). The van der Waals surface area contributed by atoms with Crippen molar-refractivity contribution in [2.75, 3.05) is 11.9 Å². The zero-order chi connectivity index (χ0) is 13.9. The first-order valence-corrected chi connectivity index (χ1v) is 7.32. The number of benzene rings is 1. The zero-order valence-corrected chi connectivity index (χ0v) is 11.5. The van der Waals surface area contributed by atoms with E-state index in [1.54, 1.807) is 12.1 Å². The van der Waals surface area contributed by atoms with Gasteiger partial charge in [-0.05, 0) is 48.9 Å². The summed E-state index contributed by atoms with van der Waals surface area (Å²) >= 11 is 0. The van der Waals surface area contributed by atoms with E-state index in [-0.39, 0.29) is 5.75 Å². The molecule has 4 heteroatoms. The van der Waals surface area contributed by atoms with Crippen molar-refractivity contribution in [2.24, 2.45) is 11.7 Å². The number of nitrogens with two attached hydrogens (primary N) is 1. The summed E-state index contributed by atoms with van der Waals surface area (Å²) in [6.07, 6.45) is 6.64. The molecule has 20 heavy (non-hydrogen) atoms. The van der Waals surface area contributed by atoms with Gasteiger partial charge in [0.1, 0.15) is 11.6 Å². The van der Waals surface area contributed by atoms with E-state index in [4.69, 9.17) is 5.73 Å².